The number of guanidine groups is 1. The molecule has 0 bridgehead atoms. The van der Waals surface area contributed by atoms with E-state index in [1.807, 2.05) is 0 Å². The molecule has 0 amide bonds. The van der Waals surface area contributed by atoms with Crippen LogP contribution in [-0.4, -0.2) is 81.4 Å². The highest BCUT2D eigenvalue weighted by Gasteiger charge is 2.50. The second kappa shape index (κ2) is 10.3. The maximum absolute atomic E-state index is 12.6. The molecule has 0 aromatic rings. The molecule has 29 heavy (non-hydrogen) atoms. The molecule has 2 N–H and O–H groups in total. The molecule has 1 saturated carbocycles. The van der Waals surface area contributed by atoms with Gasteiger partial charge in [0.2, 0.25) is 0 Å². The number of piperidine rings is 1. The number of nitrogens with zero attached hydrogens (tertiary/aromatic N) is 3. The minimum Gasteiger partial charge on any atom is -0.356 e. The van der Waals surface area contributed by atoms with Gasteiger partial charge in [0.1, 0.15) is 0 Å². The molecule has 2 aliphatic heterocycles. The maximum Gasteiger partial charge on any atom is 0.511 e. The number of likely N-dealkylation sites (tertiary alicyclic amines) is 1. The van der Waals surface area contributed by atoms with Gasteiger partial charge in [0, 0.05) is 45.8 Å². The van der Waals surface area contributed by atoms with Crippen molar-refractivity contribution in [2.24, 2.45) is 16.8 Å². The second-order valence-corrected chi connectivity index (χ2v) is 9.94. The van der Waals surface area contributed by atoms with Crippen molar-refractivity contribution in [1.82, 2.24) is 19.8 Å². The number of aliphatic imine (C=N–C) groups is 1. The molecule has 3 fully saturated rings. The van der Waals surface area contributed by atoms with Crippen LogP contribution in [0.5, 0.6) is 0 Å². The maximum atomic E-state index is 12.6. The highest BCUT2D eigenvalue weighted by Crippen LogP contribution is 2.32. The van der Waals surface area contributed by atoms with E-state index in [2.05, 4.69) is 20.5 Å². The first-order valence-corrected chi connectivity index (χ1v) is 11.4. The number of sulfonamides is 1. The van der Waals surface area contributed by atoms with Crippen LogP contribution in [0.1, 0.15) is 32.1 Å². The average molecular weight is 553 g/mol. The molecule has 1 aliphatic carbocycles. The van der Waals surface area contributed by atoms with Gasteiger partial charge in [0.25, 0.3) is 0 Å². The van der Waals surface area contributed by atoms with E-state index in [9.17, 15) is 21.6 Å². The molecule has 3 aliphatic rings. The highest BCUT2D eigenvalue weighted by molar-refractivity contribution is 14.0. The van der Waals surface area contributed by atoms with Gasteiger partial charge in [-0.2, -0.15) is 17.5 Å². The molecular weight excluding hydrogens is 522 g/mol. The van der Waals surface area contributed by atoms with Gasteiger partial charge < -0.3 is 15.5 Å². The Balaban J connectivity index is 0.00000300. The van der Waals surface area contributed by atoms with Crippen molar-refractivity contribution < 1.29 is 21.6 Å². The molecule has 1 atom stereocenters. The van der Waals surface area contributed by atoms with Crippen LogP contribution in [0.2, 0.25) is 0 Å². The second-order valence-electron chi connectivity index (χ2n) is 8.01. The lowest BCUT2D eigenvalue weighted by Gasteiger charge is -2.31. The van der Waals surface area contributed by atoms with Gasteiger partial charge in [-0.05, 0) is 50.5 Å². The van der Waals surface area contributed by atoms with E-state index in [1.165, 1.54) is 25.8 Å². The fourth-order valence-corrected chi connectivity index (χ4v) is 4.99. The molecule has 0 aromatic carbocycles. The molecule has 2 saturated heterocycles. The Morgan fingerprint density at radius 1 is 1.00 bits per heavy atom. The van der Waals surface area contributed by atoms with E-state index in [0.29, 0.717) is 35.6 Å². The minimum atomic E-state index is -5.22. The van der Waals surface area contributed by atoms with Gasteiger partial charge >= 0.3 is 15.5 Å². The SMILES string of the molecule is CN=C(NCC1CCN(S(=O)(=O)C(F)(F)F)CC1)NCC1CCN(C2CC2)C1.I. The third-order valence-electron chi connectivity index (χ3n) is 5.93. The molecule has 7 nitrogen and oxygen atoms in total. The predicted octanol–water partition coefficient (Wildman–Crippen LogP) is 1.82. The Kier molecular flexibility index (Phi) is 8.86. The number of hydrogen-bond acceptors (Lipinski definition) is 4. The molecule has 1 unspecified atom stereocenters. The monoisotopic (exact) mass is 553 g/mol. The lowest BCUT2D eigenvalue weighted by molar-refractivity contribution is -0.0496. The Bertz CT molecular complexity index is 664. The van der Waals surface area contributed by atoms with Crippen LogP contribution in [0.4, 0.5) is 13.2 Å². The zero-order valence-electron chi connectivity index (χ0n) is 16.6. The predicted molar refractivity (Wildman–Crippen MR) is 117 cm³/mol. The summed E-state index contributed by atoms with van der Waals surface area (Å²) in [6, 6.07) is 0.800. The first-order valence-electron chi connectivity index (χ1n) is 9.95. The van der Waals surface area contributed by atoms with Gasteiger partial charge in [-0.3, -0.25) is 4.99 Å². The first-order chi connectivity index (χ1) is 13.2. The van der Waals surface area contributed by atoms with E-state index in [4.69, 9.17) is 0 Å². The van der Waals surface area contributed by atoms with Crippen molar-refractivity contribution in [3.8, 4) is 0 Å². The van der Waals surface area contributed by atoms with Gasteiger partial charge in [-0.15, -0.1) is 24.0 Å². The fraction of sp³-hybridized carbons (Fsp3) is 0.941. The summed E-state index contributed by atoms with van der Waals surface area (Å²) >= 11 is 0. The fourth-order valence-electron chi connectivity index (χ4n) is 4.00. The van der Waals surface area contributed by atoms with E-state index in [1.54, 1.807) is 7.05 Å². The van der Waals surface area contributed by atoms with Crippen LogP contribution < -0.4 is 10.6 Å². The summed E-state index contributed by atoms with van der Waals surface area (Å²) in [6.07, 6.45) is 4.64. The lowest BCUT2D eigenvalue weighted by atomic mass is 9.98. The summed E-state index contributed by atoms with van der Waals surface area (Å²) in [5, 5.41) is 6.57. The number of alkyl halides is 3. The topological polar surface area (TPSA) is 77.0 Å². The largest absolute Gasteiger partial charge is 0.511 e. The van der Waals surface area contributed by atoms with Crippen molar-refractivity contribution in [3.05, 3.63) is 0 Å². The highest BCUT2D eigenvalue weighted by atomic mass is 127. The zero-order valence-corrected chi connectivity index (χ0v) is 19.8. The summed E-state index contributed by atoms with van der Waals surface area (Å²) in [6.45, 7) is 3.52. The lowest BCUT2D eigenvalue weighted by Crippen LogP contribution is -2.47. The van der Waals surface area contributed by atoms with Crippen molar-refractivity contribution in [2.45, 2.75) is 43.7 Å². The normalized spacial score (nSPS) is 25.7. The average Bonchev–Trinajstić information content (AvgIpc) is 3.40. The summed E-state index contributed by atoms with van der Waals surface area (Å²) < 4.78 is 61.4. The van der Waals surface area contributed by atoms with Crippen molar-refractivity contribution >= 4 is 40.0 Å². The summed E-state index contributed by atoms with van der Waals surface area (Å²) in [7, 11) is -3.52. The third kappa shape index (κ3) is 6.57. The van der Waals surface area contributed by atoms with Crippen LogP contribution in [0.15, 0.2) is 4.99 Å². The first kappa shape index (κ1) is 24.9. The van der Waals surface area contributed by atoms with Crippen LogP contribution in [-0.2, 0) is 10.0 Å². The smallest absolute Gasteiger partial charge is 0.356 e. The molecule has 3 rings (SSSR count). The van der Waals surface area contributed by atoms with Gasteiger partial charge in [-0.1, -0.05) is 0 Å². The number of hydrogen-bond donors (Lipinski definition) is 2. The molecule has 12 heteroatoms. The number of halogens is 4. The van der Waals surface area contributed by atoms with Crippen LogP contribution in [0, 0.1) is 11.8 Å². The van der Waals surface area contributed by atoms with Gasteiger partial charge in [0.05, 0.1) is 0 Å². The number of nitrogens with one attached hydrogen (secondary N) is 2. The molecule has 0 aromatic heterocycles. The standard InChI is InChI=1S/C17H30F3N5O2S.HI/c1-21-16(23-11-14-4-7-24(12-14)15-2-3-15)22-10-13-5-8-25(9-6-13)28(26,27)17(18,19)20;/h13-15H,2-12H2,1H3,(H2,21,22,23);1H. The quantitative estimate of drug-likeness (QED) is 0.298. The van der Waals surface area contributed by atoms with Crippen molar-refractivity contribution in [3.63, 3.8) is 0 Å². The van der Waals surface area contributed by atoms with E-state index in [0.717, 1.165) is 19.1 Å². The van der Waals surface area contributed by atoms with Crippen LogP contribution >= 0.6 is 24.0 Å². The minimum absolute atomic E-state index is 0. The van der Waals surface area contributed by atoms with Crippen molar-refractivity contribution in [2.75, 3.05) is 46.3 Å². The van der Waals surface area contributed by atoms with E-state index < -0.39 is 15.5 Å². The van der Waals surface area contributed by atoms with E-state index >= 15 is 0 Å². The van der Waals surface area contributed by atoms with Gasteiger partial charge in [-0.25, -0.2) is 8.42 Å². The Labute approximate surface area is 187 Å². The number of rotatable bonds is 6. The van der Waals surface area contributed by atoms with Crippen molar-refractivity contribution in [1.29, 1.82) is 0 Å². The molecule has 0 radical (unpaired) electrons. The summed E-state index contributed by atoms with van der Waals surface area (Å²) in [5.74, 6) is 1.42. The molecule has 0 spiro atoms. The van der Waals surface area contributed by atoms with Gasteiger partial charge in [0.15, 0.2) is 5.96 Å². The van der Waals surface area contributed by atoms with Crippen LogP contribution in [0.25, 0.3) is 0 Å². The third-order valence-corrected chi connectivity index (χ3v) is 7.56. The Hall–Kier alpha value is -0.340. The van der Waals surface area contributed by atoms with Crippen LogP contribution in [0.3, 0.4) is 0 Å². The summed E-state index contributed by atoms with van der Waals surface area (Å²) in [4.78, 5) is 6.77. The Morgan fingerprint density at radius 3 is 2.07 bits per heavy atom. The molecular formula is C17H31F3IN5O2S. The Morgan fingerprint density at radius 2 is 1.55 bits per heavy atom. The molecule has 170 valence electrons. The van der Waals surface area contributed by atoms with E-state index in [-0.39, 0.29) is 43.0 Å². The molecule has 2 heterocycles. The summed E-state index contributed by atoms with van der Waals surface area (Å²) in [5.41, 5.74) is -5.22. The zero-order chi connectivity index (χ0) is 20.4.